The number of pyridine rings is 1. The van der Waals surface area contributed by atoms with Crippen LogP contribution in [0.4, 0.5) is 16.3 Å². The Kier molecular flexibility index (Phi) is 5.94. The number of nitrogens with one attached hydrogen (secondary N) is 1. The van der Waals surface area contributed by atoms with Gasteiger partial charge in [-0.2, -0.15) is 0 Å². The van der Waals surface area contributed by atoms with Crippen LogP contribution in [0.25, 0.3) is 40.0 Å². The third kappa shape index (κ3) is 4.37. The molecule has 1 fully saturated rings. The Morgan fingerprint density at radius 1 is 0.976 bits per heavy atom. The molecule has 2 aliphatic heterocycles. The molecule has 7 rings (SSSR count). The summed E-state index contributed by atoms with van der Waals surface area (Å²) in [5, 5.41) is 3.69. The van der Waals surface area contributed by atoms with Crippen LogP contribution >= 0.6 is 0 Å². The third-order valence-corrected chi connectivity index (χ3v) is 9.07. The Morgan fingerprint density at radius 3 is 2.63 bits per heavy atom. The second-order valence-corrected chi connectivity index (χ2v) is 11.7. The van der Waals surface area contributed by atoms with Crippen molar-refractivity contribution in [3.05, 3.63) is 78.4 Å². The van der Waals surface area contributed by atoms with E-state index in [0.29, 0.717) is 53.2 Å². The van der Waals surface area contributed by atoms with E-state index in [2.05, 4.69) is 10.2 Å². The summed E-state index contributed by atoms with van der Waals surface area (Å²) >= 11 is 0. The summed E-state index contributed by atoms with van der Waals surface area (Å²) in [5.74, 6) is 0.720. The zero-order valence-corrected chi connectivity index (χ0v) is 22.9. The van der Waals surface area contributed by atoms with Crippen LogP contribution in [-0.2, 0) is 14.8 Å². The Hall–Kier alpha value is -4.81. The minimum atomic E-state index is -3.99. The number of carbonyl (C=O) groups excluding carboxylic acids is 1. The van der Waals surface area contributed by atoms with Gasteiger partial charge in [0, 0.05) is 37.3 Å². The number of imidazole rings is 1. The van der Waals surface area contributed by atoms with E-state index in [1.54, 1.807) is 24.4 Å². The minimum absolute atomic E-state index is 0.0186. The molecule has 0 spiro atoms. The number of sulfonamides is 1. The summed E-state index contributed by atoms with van der Waals surface area (Å²) in [6.45, 7) is 2.56. The summed E-state index contributed by atoms with van der Waals surface area (Å²) in [5.41, 5.74) is 4.57. The second-order valence-electron chi connectivity index (χ2n) is 9.80. The number of rotatable bonds is 4. The molecular weight excluding hydrogens is 542 g/mol. The van der Waals surface area contributed by atoms with Gasteiger partial charge in [-0.3, -0.25) is 4.40 Å². The van der Waals surface area contributed by atoms with Gasteiger partial charge in [0.25, 0.3) is 10.0 Å². The van der Waals surface area contributed by atoms with Gasteiger partial charge in [0.1, 0.15) is 4.90 Å². The number of fused-ring (bicyclic) bond motifs is 3. The average Bonchev–Trinajstić information content (AvgIpc) is 3.43. The number of amides is 2. The Balaban J connectivity index is 1.34. The van der Waals surface area contributed by atoms with Gasteiger partial charge in [-0.15, -0.1) is 0 Å². The van der Waals surface area contributed by atoms with E-state index in [1.165, 1.54) is 7.05 Å². The predicted octanol–water partition coefficient (Wildman–Crippen LogP) is 4.12. The number of para-hydroxylation sites is 1. The SMILES string of the molecule is CN1C(=O)Nc2ccc(-c3cnc(N4CCOCC4)c4nc(/C=C/c5ccc6ccccc6n5)cn34)cc2S1(=O)=O. The molecule has 2 amide bonds. The van der Waals surface area contributed by atoms with E-state index in [0.717, 1.165) is 22.4 Å². The highest BCUT2D eigenvalue weighted by Gasteiger charge is 2.34. The van der Waals surface area contributed by atoms with Crippen molar-refractivity contribution in [3.8, 4) is 11.3 Å². The zero-order chi connectivity index (χ0) is 28.1. The maximum atomic E-state index is 13.0. The van der Waals surface area contributed by atoms with Crippen LogP contribution in [0.3, 0.4) is 0 Å². The number of hydrogen-bond acceptors (Lipinski definition) is 8. The lowest BCUT2D eigenvalue weighted by Gasteiger charge is -2.28. The van der Waals surface area contributed by atoms with Crippen LogP contribution in [-0.4, -0.2) is 71.5 Å². The van der Waals surface area contributed by atoms with Gasteiger partial charge in [0.15, 0.2) is 11.5 Å². The van der Waals surface area contributed by atoms with Crippen molar-refractivity contribution in [3.63, 3.8) is 0 Å². The number of carbonyl (C=O) groups is 1. The molecule has 0 bridgehead atoms. The van der Waals surface area contributed by atoms with Crippen LogP contribution < -0.4 is 10.2 Å². The number of anilines is 2. The molecule has 12 heteroatoms. The van der Waals surface area contributed by atoms with Crippen LogP contribution in [0.15, 0.2) is 71.9 Å². The third-order valence-electron chi connectivity index (χ3n) is 7.29. The van der Waals surface area contributed by atoms with Crippen molar-refractivity contribution in [1.29, 1.82) is 0 Å². The van der Waals surface area contributed by atoms with E-state index >= 15 is 0 Å². The monoisotopic (exact) mass is 567 g/mol. The first-order chi connectivity index (χ1) is 19.9. The molecule has 41 heavy (non-hydrogen) atoms. The van der Waals surface area contributed by atoms with E-state index < -0.39 is 16.1 Å². The lowest BCUT2D eigenvalue weighted by molar-refractivity contribution is 0.122. The van der Waals surface area contributed by atoms with Gasteiger partial charge in [0.2, 0.25) is 0 Å². The number of morpholine rings is 1. The van der Waals surface area contributed by atoms with Gasteiger partial charge >= 0.3 is 6.03 Å². The Labute approximate surface area is 235 Å². The van der Waals surface area contributed by atoms with Crippen molar-refractivity contribution in [2.24, 2.45) is 0 Å². The van der Waals surface area contributed by atoms with Gasteiger partial charge < -0.3 is 15.0 Å². The maximum Gasteiger partial charge on any atom is 0.335 e. The van der Waals surface area contributed by atoms with Crippen molar-refractivity contribution < 1.29 is 17.9 Å². The molecule has 11 nitrogen and oxygen atoms in total. The van der Waals surface area contributed by atoms with E-state index in [9.17, 15) is 13.2 Å². The van der Waals surface area contributed by atoms with Gasteiger partial charge in [-0.25, -0.2) is 32.5 Å². The molecular formula is C29H25N7O4S. The molecule has 0 saturated carbocycles. The highest BCUT2D eigenvalue weighted by Crippen LogP contribution is 2.34. The second kappa shape index (κ2) is 9.68. The van der Waals surface area contributed by atoms with E-state index in [1.807, 2.05) is 59.1 Å². The summed E-state index contributed by atoms with van der Waals surface area (Å²) < 4.78 is 34.2. The number of urea groups is 1. The number of hydrogen-bond donors (Lipinski definition) is 1. The number of benzene rings is 2. The van der Waals surface area contributed by atoms with E-state index in [4.69, 9.17) is 19.7 Å². The normalized spacial score (nSPS) is 16.9. The van der Waals surface area contributed by atoms with Crippen molar-refractivity contribution in [2.45, 2.75) is 4.90 Å². The first-order valence-electron chi connectivity index (χ1n) is 13.1. The summed E-state index contributed by atoms with van der Waals surface area (Å²) in [7, 11) is -2.76. The number of ether oxygens (including phenoxy) is 1. The zero-order valence-electron chi connectivity index (χ0n) is 22.1. The molecule has 3 aromatic heterocycles. The Bertz CT molecular complexity index is 1980. The van der Waals surface area contributed by atoms with Gasteiger partial charge in [-0.05, 0) is 36.4 Å². The average molecular weight is 568 g/mol. The van der Waals surface area contributed by atoms with Crippen LogP contribution in [0.5, 0.6) is 0 Å². The molecule has 1 N–H and O–H groups in total. The van der Waals surface area contributed by atoms with Crippen molar-refractivity contribution in [2.75, 3.05) is 43.6 Å². The summed E-state index contributed by atoms with van der Waals surface area (Å²) in [6, 6.07) is 16.2. The quantitative estimate of drug-likeness (QED) is 0.344. The van der Waals surface area contributed by atoms with Crippen LogP contribution in [0, 0.1) is 0 Å². The molecule has 0 radical (unpaired) electrons. The minimum Gasteiger partial charge on any atom is -0.378 e. The number of aromatic nitrogens is 4. The molecule has 0 aliphatic carbocycles. The lowest BCUT2D eigenvalue weighted by Crippen LogP contribution is -2.41. The smallest absolute Gasteiger partial charge is 0.335 e. The Morgan fingerprint density at radius 2 is 1.78 bits per heavy atom. The summed E-state index contributed by atoms with van der Waals surface area (Å²) in [6.07, 6.45) is 7.44. The molecule has 2 aliphatic rings. The highest BCUT2D eigenvalue weighted by atomic mass is 32.2. The molecule has 206 valence electrons. The fourth-order valence-electron chi connectivity index (χ4n) is 5.07. The predicted molar refractivity (Wildman–Crippen MR) is 156 cm³/mol. The van der Waals surface area contributed by atoms with Crippen molar-refractivity contribution in [1.82, 2.24) is 23.7 Å². The van der Waals surface area contributed by atoms with E-state index in [-0.39, 0.29) is 10.6 Å². The molecule has 5 aromatic rings. The fraction of sp³-hybridized carbons (Fsp3) is 0.172. The fourth-order valence-corrected chi connectivity index (χ4v) is 6.30. The number of nitrogens with zero attached hydrogens (tertiary/aromatic N) is 6. The molecule has 0 unspecified atom stereocenters. The van der Waals surface area contributed by atoms with Crippen LogP contribution in [0.1, 0.15) is 11.4 Å². The molecule has 1 saturated heterocycles. The van der Waals surface area contributed by atoms with Crippen LogP contribution in [0.2, 0.25) is 0 Å². The standard InChI is InChI=1S/C29H25N7O4S/c1-34-29(37)33-24-11-7-20(16-26(24)41(34,38)39)25-17-30-27(35-12-14-40-15-13-35)28-32-22(18-36(25)28)10-9-21-8-6-19-4-2-3-5-23(19)31-21/h2-11,16-18H,12-15H2,1H3,(H,33,37)/b10-9+. The first kappa shape index (κ1) is 25.2. The largest absolute Gasteiger partial charge is 0.378 e. The molecule has 2 aromatic carbocycles. The molecule has 0 atom stereocenters. The lowest BCUT2D eigenvalue weighted by atomic mass is 10.1. The maximum absolute atomic E-state index is 13.0. The highest BCUT2D eigenvalue weighted by molar-refractivity contribution is 7.90. The molecule has 5 heterocycles. The van der Waals surface area contributed by atoms with Gasteiger partial charge in [0.05, 0.1) is 47.7 Å². The first-order valence-corrected chi connectivity index (χ1v) is 14.5. The van der Waals surface area contributed by atoms with Crippen molar-refractivity contribution >= 4 is 56.3 Å². The summed E-state index contributed by atoms with van der Waals surface area (Å²) in [4.78, 5) is 28.7. The van der Waals surface area contributed by atoms with Gasteiger partial charge in [-0.1, -0.05) is 30.3 Å². The topological polar surface area (TPSA) is 122 Å².